The Morgan fingerprint density at radius 2 is 1.83 bits per heavy atom. The number of rotatable bonds is 9. The largest absolute Gasteiger partial charge is 0.493 e. The molecule has 0 radical (unpaired) electrons. The minimum atomic E-state index is -3.53. The lowest BCUT2D eigenvalue weighted by molar-refractivity contribution is -0.125. The molecule has 30 heavy (non-hydrogen) atoms. The number of ether oxygens (including phenoxy) is 2. The second-order valence-electron chi connectivity index (χ2n) is 6.17. The number of benzene rings is 2. The summed E-state index contributed by atoms with van der Waals surface area (Å²) in [6, 6.07) is 10.5. The molecule has 7 nitrogen and oxygen atoms in total. The van der Waals surface area contributed by atoms with E-state index < -0.39 is 16.6 Å². The van der Waals surface area contributed by atoms with Gasteiger partial charge in [-0.05, 0) is 48.5 Å². The zero-order valence-electron chi connectivity index (χ0n) is 16.6. The molecule has 0 unspecified atom stereocenters. The minimum Gasteiger partial charge on any atom is -0.493 e. The highest BCUT2D eigenvalue weighted by atomic mass is 32.2. The van der Waals surface area contributed by atoms with Crippen LogP contribution in [0.2, 0.25) is 0 Å². The molecule has 0 aliphatic carbocycles. The zero-order chi connectivity index (χ0) is 22.3. The van der Waals surface area contributed by atoms with E-state index in [1.54, 1.807) is 31.3 Å². The van der Waals surface area contributed by atoms with Gasteiger partial charge in [-0.25, -0.2) is 13.1 Å². The van der Waals surface area contributed by atoms with Gasteiger partial charge in [-0.15, -0.1) is 0 Å². The number of nitrogens with zero attached hydrogens (tertiary/aromatic N) is 1. The number of alkyl halides is 2. The van der Waals surface area contributed by atoms with Gasteiger partial charge in [0.1, 0.15) is 0 Å². The van der Waals surface area contributed by atoms with Crippen LogP contribution in [0.5, 0.6) is 11.5 Å². The Kier molecular flexibility index (Phi) is 7.90. The summed E-state index contributed by atoms with van der Waals surface area (Å²) in [6.07, 6.45) is 2.88. The first-order chi connectivity index (χ1) is 14.2. The van der Waals surface area contributed by atoms with E-state index in [0.29, 0.717) is 11.1 Å². The van der Waals surface area contributed by atoms with Crippen LogP contribution in [0.1, 0.15) is 11.1 Å². The van der Waals surface area contributed by atoms with E-state index in [-0.39, 0.29) is 28.8 Å². The predicted octanol–water partition coefficient (Wildman–Crippen LogP) is 2.88. The fraction of sp³-hybridized carbons (Fsp3) is 0.250. The van der Waals surface area contributed by atoms with Crippen molar-refractivity contribution in [1.82, 2.24) is 9.62 Å². The number of hydrogen-bond donors (Lipinski definition) is 1. The normalized spacial score (nSPS) is 11.7. The zero-order valence-corrected chi connectivity index (χ0v) is 17.4. The summed E-state index contributed by atoms with van der Waals surface area (Å²) in [5.74, 6) is -0.274. The van der Waals surface area contributed by atoms with Crippen molar-refractivity contribution in [2.45, 2.75) is 18.1 Å². The smallest absolute Gasteiger partial charge is 0.387 e. The van der Waals surface area contributed by atoms with E-state index in [2.05, 4.69) is 9.46 Å². The second kappa shape index (κ2) is 10.2. The molecule has 2 aromatic carbocycles. The van der Waals surface area contributed by atoms with Crippen molar-refractivity contribution in [2.24, 2.45) is 0 Å². The van der Waals surface area contributed by atoms with Crippen LogP contribution < -0.4 is 14.2 Å². The minimum absolute atomic E-state index is 0.113. The molecule has 162 valence electrons. The fourth-order valence-corrected chi connectivity index (χ4v) is 3.26. The first-order valence-corrected chi connectivity index (χ1v) is 10.2. The molecule has 0 atom stereocenters. The average molecular weight is 440 g/mol. The number of hydrogen-bond acceptors (Lipinski definition) is 5. The predicted molar refractivity (Wildman–Crippen MR) is 108 cm³/mol. The molecule has 2 aromatic rings. The van der Waals surface area contributed by atoms with E-state index in [9.17, 15) is 22.0 Å². The highest BCUT2D eigenvalue weighted by Gasteiger charge is 2.13. The second-order valence-corrected chi connectivity index (χ2v) is 8.05. The molecule has 10 heteroatoms. The maximum Gasteiger partial charge on any atom is 0.387 e. The van der Waals surface area contributed by atoms with Gasteiger partial charge in [0, 0.05) is 19.7 Å². The molecule has 0 saturated carbocycles. The third-order valence-electron chi connectivity index (χ3n) is 4.12. The van der Waals surface area contributed by atoms with Crippen molar-refractivity contribution in [3.8, 4) is 11.5 Å². The molecule has 0 fully saturated rings. The summed E-state index contributed by atoms with van der Waals surface area (Å²) < 4.78 is 60.2. The summed E-state index contributed by atoms with van der Waals surface area (Å²) in [5, 5.41) is 0. The molecular formula is C20H22F2N2O5S. The summed E-state index contributed by atoms with van der Waals surface area (Å²) >= 11 is 0. The van der Waals surface area contributed by atoms with E-state index in [4.69, 9.17) is 4.74 Å². The number of carbonyl (C=O) groups is 1. The SMILES string of the molecule is CNS(=O)(=O)c1ccc(/C=C/C(=O)N(C)Cc2ccc(OC)c(OC(F)F)c2)cc1. The number of carbonyl (C=O) groups excluding carboxylic acids is 1. The Hall–Kier alpha value is -2.98. The molecule has 0 heterocycles. The van der Waals surface area contributed by atoms with Crippen LogP contribution in [0.25, 0.3) is 6.08 Å². The quantitative estimate of drug-likeness (QED) is 0.606. The van der Waals surface area contributed by atoms with Crippen molar-refractivity contribution in [3.05, 3.63) is 59.7 Å². The van der Waals surface area contributed by atoms with Crippen LogP contribution in [0, 0.1) is 0 Å². The highest BCUT2D eigenvalue weighted by Crippen LogP contribution is 2.29. The first kappa shape index (κ1) is 23.3. The molecule has 0 bridgehead atoms. The lowest BCUT2D eigenvalue weighted by Gasteiger charge is -2.17. The van der Waals surface area contributed by atoms with Gasteiger partial charge in [0.25, 0.3) is 0 Å². The number of methoxy groups -OCH3 is 1. The number of halogens is 2. The fourth-order valence-electron chi connectivity index (χ4n) is 2.53. The maximum absolute atomic E-state index is 12.5. The first-order valence-electron chi connectivity index (χ1n) is 8.75. The molecule has 1 amide bonds. The van der Waals surface area contributed by atoms with Gasteiger partial charge >= 0.3 is 6.61 Å². The molecule has 0 aliphatic rings. The van der Waals surface area contributed by atoms with Gasteiger partial charge in [0.15, 0.2) is 11.5 Å². The van der Waals surface area contributed by atoms with Crippen LogP contribution in [0.4, 0.5) is 8.78 Å². The third kappa shape index (κ3) is 6.26. The Morgan fingerprint density at radius 3 is 2.40 bits per heavy atom. The molecule has 0 aliphatic heterocycles. The number of nitrogens with one attached hydrogen (secondary N) is 1. The monoisotopic (exact) mass is 440 g/mol. The van der Waals surface area contributed by atoms with Crippen molar-refractivity contribution in [1.29, 1.82) is 0 Å². The van der Waals surface area contributed by atoms with Crippen molar-refractivity contribution < 1.29 is 31.5 Å². The van der Waals surface area contributed by atoms with E-state index in [1.165, 1.54) is 49.4 Å². The average Bonchev–Trinajstić information content (AvgIpc) is 2.72. The van der Waals surface area contributed by atoms with Gasteiger partial charge in [-0.3, -0.25) is 4.79 Å². The van der Waals surface area contributed by atoms with Crippen LogP contribution in [0.15, 0.2) is 53.4 Å². The van der Waals surface area contributed by atoms with Crippen LogP contribution in [-0.2, 0) is 21.4 Å². The number of sulfonamides is 1. The summed E-state index contributed by atoms with van der Waals surface area (Å²) in [7, 11) is 0.701. The van der Waals surface area contributed by atoms with Gasteiger partial charge in [0.2, 0.25) is 15.9 Å². The highest BCUT2D eigenvalue weighted by molar-refractivity contribution is 7.89. The number of likely N-dealkylation sites (N-methyl/N-ethyl adjacent to an activating group) is 1. The third-order valence-corrected chi connectivity index (χ3v) is 5.55. The summed E-state index contributed by atoms with van der Waals surface area (Å²) in [6.45, 7) is -2.84. The molecule has 0 saturated heterocycles. The summed E-state index contributed by atoms with van der Waals surface area (Å²) in [4.78, 5) is 13.8. The Labute approximate surface area is 174 Å². The van der Waals surface area contributed by atoms with Crippen molar-refractivity contribution in [2.75, 3.05) is 21.2 Å². The molecule has 1 N–H and O–H groups in total. The van der Waals surface area contributed by atoms with Crippen molar-refractivity contribution >= 4 is 22.0 Å². The van der Waals surface area contributed by atoms with Crippen molar-refractivity contribution in [3.63, 3.8) is 0 Å². The van der Waals surface area contributed by atoms with Crippen LogP contribution >= 0.6 is 0 Å². The lowest BCUT2D eigenvalue weighted by atomic mass is 10.2. The van der Waals surface area contributed by atoms with Gasteiger partial charge in [-0.1, -0.05) is 18.2 Å². The molecular weight excluding hydrogens is 418 g/mol. The van der Waals surface area contributed by atoms with Crippen LogP contribution in [0.3, 0.4) is 0 Å². The summed E-state index contributed by atoms with van der Waals surface area (Å²) in [5.41, 5.74) is 1.22. The van der Waals surface area contributed by atoms with Gasteiger partial charge < -0.3 is 14.4 Å². The molecule has 2 rings (SSSR count). The Morgan fingerprint density at radius 1 is 1.17 bits per heavy atom. The Bertz CT molecular complexity index is 1010. The molecule has 0 spiro atoms. The Balaban J connectivity index is 2.06. The standard InChI is InChI=1S/C20H22F2N2O5S/c1-23-30(26,27)16-8-4-14(5-9-16)7-11-19(25)24(2)13-15-6-10-17(28-3)18(12-15)29-20(21)22/h4-12,20,23H,13H2,1-3H3/b11-7+. The van der Waals surface area contributed by atoms with Crippen LogP contribution in [-0.4, -0.2) is 47.0 Å². The topological polar surface area (TPSA) is 84.9 Å². The van der Waals surface area contributed by atoms with E-state index in [0.717, 1.165) is 0 Å². The number of amides is 1. The molecule has 0 aromatic heterocycles. The van der Waals surface area contributed by atoms with E-state index >= 15 is 0 Å². The maximum atomic E-state index is 12.5. The van der Waals surface area contributed by atoms with Gasteiger partial charge in [0.05, 0.1) is 12.0 Å². The van der Waals surface area contributed by atoms with Gasteiger partial charge in [-0.2, -0.15) is 8.78 Å². The van der Waals surface area contributed by atoms with E-state index in [1.807, 2.05) is 0 Å². The lowest BCUT2D eigenvalue weighted by Crippen LogP contribution is -2.24.